The Bertz CT molecular complexity index is 1050. The maximum atomic E-state index is 12.9. The van der Waals surface area contributed by atoms with Crippen LogP contribution in [0, 0.1) is 0 Å². The molecular formula is C30H26O5. The van der Waals surface area contributed by atoms with Gasteiger partial charge < -0.3 is 14.9 Å². The third-order valence-electron chi connectivity index (χ3n) is 5.95. The van der Waals surface area contributed by atoms with Crippen LogP contribution in [0.3, 0.4) is 0 Å². The molecule has 2 atom stereocenters. The van der Waals surface area contributed by atoms with Crippen molar-refractivity contribution >= 4 is 11.9 Å². The van der Waals surface area contributed by atoms with E-state index in [-0.39, 0.29) is 0 Å². The van der Waals surface area contributed by atoms with Crippen molar-refractivity contribution < 1.29 is 24.5 Å². The molecule has 2 N–H and O–H groups in total. The summed E-state index contributed by atoms with van der Waals surface area (Å²) in [5.74, 6) is -3.72. The fourth-order valence-corrected chi connectivity index (χ4v) is 4.25. The van der Waals surface area contributed by atoms with Gasteiger partial charge in [0, 0.05) is 11.8 Å². The average Bonchev–Trinajstić information content (AvgIpc) is 2.91. The van der Waals surface area contributed by atoms with Gasteiger partial charge in [-0.2, -0.15) is 0 Å². The average molecular weight is 467 g/mol. The van der Waals surface area contributed by atoms with Crippen LogP contribution in [0.1, 0.15) is 34.1 Å². The van der Waals surface area contributed by atoms with Crippen LogP contribution in [0.2, 0.25) is 0 Å². The largest absolute Gasteiger partial charge is 0.389 e. The second-order valence-corrected chi connectivity index (χ2v) is 8.23. The Morgan fingerprint density at radius 2 is 0.686 bits per heavy atom. The molecule has 4 aromatic rings. The van der Waals surface area contributed by atoms with Gasteiger partial charge >= 0.3 is 11.9 Å². The van der Waals surface area contributed by atoms with Crippen LogP contribution >= 0.6 is 0 Å². The van der Waals surface area contributed by atoms with Crippen LogP contribution < -0.4 is 0 Å². The van der Waals surface area contributed by atoms with Gasteiger partial charge in [0.1, 0.15) is 0 Å². The van der Waals surface area contributed by atoms with Crippen molar-refractivity contribution in [3.63, 3.8) is 0 Å². The van der Waals surface area contributed by atoms with E-state index in [1.165, 1.54) is 0 Å². The highest BCUT2D eigenvalue weighted by Crippen LogP contribution is 2.31. The molecule has 0 radical (unpaired) electrons. The SMILES string of the molecule is O=C(OC(=O)[C@@H](O)C(c1ccccc1)c1ccccc1)[C@@H](O)C(c1ccccc1)c1ccccc1. The Hall–Kier alpha value is -4.06. The van der Waals surface area contributed by atoms with Gasteiger partial charge in [0.15, 0.2) is 12.2 Å². The van der Waals surface area contributed by atoms with Gasteiger partial charge in [0.25, 0.3) is 0 Å². The van der Waals surface area contributed by atoms with E-state index < -0.39 is 36.0 Å². The van der Waals surface area contributed by atoms with E-state index in [0.717, 1.165) is 0 Å². The molecule has 35 heavy (non-hydrogen) atoms. The third kappa shape index (κ3) is 5.72. The molecule has 0 unspecified atom stereocenters. The fraction of sp³-hybridized carbons (Fsp3) is 0.133. The van der Waals surface area contributed by atoms with Gasteiger partial charge in [-0.3, -0.25) is 0 Å². The summed E-state index contributed by atoms with van der Waals surface area (Å²) in [5.41, 5.74) is 2.79. The first-order valence-corrected chi connectivity index (χ1v) is 11.4. The Morgan fingerprint density at radius 3 is 0.914 bits per heavy atom. The highest BCUT2D eigenvalue weighted by atomic mass is 16.6. The Morgan fingerprint density at radius 1 is 0.457 bits per heavy atom. The maximum Gasteiger partial charge on any atom is 0.343 e. The molecular weight excluding hydrogens is 440 g/mol. The van der Waals surface area contributed by atoms with Gasteiger partial charge in [-0.25, -0.2) is 9.59 Å². The van der Waals surface area contributed by atoms with Crippen LogP contribution in [0.25, 0.3) is 0 Å². The molecule has 0 aliphatic heterocycles. The summed E-state index contributed by atoms with van der Waals surface area (Å²) >= 11 is 0. The van der Waals surface area contributed by atoms with Crippen LogP contribution in [0.15, 0.2) is 121 Å². The van der Waals surface area contributed by atoms with E-state index in [4.69, 9.17) is 4.74 Å². The summed E-state index contributed by atoms with van der Waals surface area (Å²) < 4.78 is 5.04. The zero-order chi connectivity index (χ0) is 24.6. The number of benzene rings is 4. The van der Waals surface area contributed by atoms with Gasteiger partial charge in [0.05, 0.1) is 0 Å². The zero-order valence-electron chi connectivity index (χ0n) is 19.0. The number of rotatable bonds is 8. The van der Waals surface area contributed by atoms with Crippen LogP contribution in [-0.2, 0) is 14.3 Å². The van der Waals surface area contributed by atoms with Crippen LogP contribution in [0.5, 0.6) is 0 Å². The monoisotopic (exact) mass is 466 g/mol. The van der Waals surface area contributed by atoms with Crippen molar-refractivity contribution in [1.82, 2.24) is 0 Å². The summed E-state index contributed by atoms with van der Waals surface area (Å²) in [5, 5.41) is 22.0. The molecule has 0 saturated carbocycles. The molecule has 0 aromatic heterocycles. The second-order valence-electron chi connectivity index (χ2n) is 8.23. The third-order valence-corrected chi connectivity index (χ3v) is 5.95. The van der Waals surface area contributed by atoms with Gasteiger partial charge in [-0.05, 0) is 22.3 Å². The van der Waals surface area contributed by atoms with Gasteiger partial charge in [0.2, 0.25) is 0 Å². The molecule has 5 heteroatoms. The summed E-state index contributed by atoms with van der Waals surface area (Å²) in [4.78, 5) is 25.9. The standard InChI is InChI=1S/C30H26O5/c31-27(25(21-13-5-1-6-14-21)22-15-7-2-8-16-22)29(33)35-30(34)28(32)26(23-17-9-3-10-18-23)24-19-11-4-12-20-24/h1-20,25-28,31-32H/t27-,28-/m0/s1. The molecule has 0 heterocycles. The minimum Gasteiger partial charge on any atom is -0.389 e. The summed E-state index contributed by atoms with van der Waals surface area (Å²) in [6.45, 7) is 0. The predicted octanol–water partition coefficient (Wildman–Crippen LogP) is 4.44. The first kappa shape index (κ1) is 24.1. The molecule has 176 valence electrons. The number of carbonyl (C=O) groups is 2. The van der Waals surface area contributed by atoms with E-state index in [2.05, 4.69) is 0 Å². The van der Waals surface area contributed by atoms with Crippen molar-refractivity contribution in [3.05, 3.63) is 144 Å². The molecule has 4 rings (SSSR count). The molecule has 4 aromatic carbocycles. The molecule has 5 nitrogen and oxygen atoms in total. The van der Waals surface area contributed by atoms with Gasteiger partial charge in [-0.1, -0.05) is 121 Å². The van der Waals surface area contributed by atoms with Crippen molar-refractivity contribution in [2.45, 2.75) is 24.0 Å². The predicted molar refractivity (Wildman–Crippen MR) is 133 cm³/mol. The minimum absolute atomic E-state index is 0.697. The molecule has 0 aliphatic rings. The summed E-state index contributed by atoms with van der Waals surface area (Å²) in [6.07, 6.45) is -3.30. The summed E-state index contributed by atoms with van der Waals surface area (Å²) in [7, 11) is 0. The van der Waals surface area contributed by atoms with Crippen molar-refractivity contribution in [3.8, 4) is 0 Å². The van der Waals surface area contributed by atoms with Crippen LogP contribution in [0.4, 0.5) is 0 Å². The highest BCUT2D eigenvalue weighted by molar-refractivity contribution is 5.91. The smallest absolute Gasteiger partial charge is 0.343 e. The number of carbonyl (C=O) groups excluding carboxylic acids is 2. The second kappa shape index (κ2) is 11.4. The zero-order valence-corrected chi connectivity index (χ0v) is 19.0. The number of hydrogen-bond donors (Lipinski definition) is 2. The Kier molecular flexibility index (Phi) is 7.83. The van der Waals surface area contributed by atoms with E-state index in [1.807, 2.05) is 72.8 Å². The lowest BCUT2D eigenvalue weighted by Gasteiger charge is -2.25. The van der Waals surface area contributed by atoms with Crippen molar-refractivity contribution in [2.24, 2.45) is 0 Å². The Balaban J connectivity index is 1.57. The van der Waals surface area contributed by atoms with E-state index >= 15 is 0 Å². The summed E-state index contributed by atoms with van der Waals surface area (Å²) in [6, 6.07) is 36.2. The van der Waals surface area contributed by atoms with Crippen LogP contribution in [-0.4, -0.2) is 34.4 Å². The molecule has 0 spiro atoms. The van der Waals surface area contributed by atoms with Crippen molar-refractivity contribution in [1.29, 1.82) is 0 Å². The number of hydrogen-bond acceptors (Lipinski definition) is 5. The number of aliphatic hydroxyl groups is 2. The molecule has 0 bridgehead atoms. The quantitative estimate of drug-likeness (QED) is 0.296. The number of ether oxygens (including phenoxy) is 1. The van der Waals surface area contributed by atoms with E-state index in [9.17, 15) is 19.8 Å². The number of aliphatic hydroxyl groups excluding tert-OH is 2. The highest BCUT2D eigenvalue weighted by Gasteiger charge is 2.36. The molecule has 0 saturated heterocycles. The van der Waals surface area contributed by atoms with Gasteiger partial charge in [-0.15, -0.1) is 0 Å². The maximum absolute atomic E-state index is 12.9. The first-order valence-electron chi connectivity index (χ1n) is 11.4. The van der Waals surface area contributed by atoms with Crippen molar-refractivity contribution in [2.75, 3.05) is 0 Å². The normalized spacial score (nSPS) is 12.8. The lowest BCUT2D eigenvalue weighted by atomic mass is 9.86. The topological polar surface area (TPSA) is 83.8 Å². The molecule has 0 amide bonds. The molecule has 0 aliphatic carbocycles. The fourth-order valence-electron chi connectivity index (χ4n) is 4.25. The van der Waals surface area contributed by atoms with E-state index in [1.54, 1.807) is 48.5 Å². The number of esters is 2. The lowest BCUT2D eigenvalue weighted by molar-refractivity contribution is -0.172. The van der Waals surface area contributed by atoms with E-state index in [0.29, 0.717) is 22.3 Å². The lowest BCUT2D eigenvalue weighted by Crippen LogP contribution is -2.37. The minimum atomic E-state index is -1.65. The molecule has 0 fully saturated rings. The Labute approximate surface area is 204 Å². The first-order chi connectivity index (χ1) is 17.1.